The third-order valence-electron chi connectivity index (χ3n) is 11.1. The van der Waals surface area contributed by atoms with Gasteiger partial charge in [0, 0.05) is 23.1 Å². The average Bonchev–Trinajstić information content (AvgIpc) is 3.35. The molecule has 0 saturated heterocycles. The number of benzene rings is 4. The fourth-order valence-corrected chi connectivity index (χ4v) is 8.16. The number of amides is 1. The van der Waals surface area contributed by atoms with E-state index in [0.29, 0.717) is 61.9 Å². The molecule has 4 aromatic rings. The van der Waals surface area contributed by atoms with Crippen molar-refractivity contribution in [1.82, 2.24) is 4.90 Å². The highest BCUT2D eigenvalue weighted by Crippen LogP contribution is 2.59. The zero-order valence-electron chi connectivity index (χ0n) is 29.0. The Morgan fingerprint density at radius 1 is 0.918 bits per heavy atom. The highest BCUT2D eigenvalue weighted by Gasteiger charge is 2.57. The Morgan fingerprint density at radius 3 is 2.45 bits per heavy atom. The summed E-state index contributed by atoms with van der Waals surface area (Å²) in [7, 11) is 0. The highest BCUT2D eigenvalue weighted by atomic mass is 16.6. The molecule has 2 bridgehead atoms. The van der Waals surface area contributed by atoms with Gasteiger partial charge in [-0.05, 0) is 104 Å². The largest absolute Gasteiger partial charge is 0.415 e. The Bertz CT molecular complexity index is 1830. The first-order valence-electron chi connectivity index (χ1n) is 17.8. The van der Waals surface area contributed by atoms with E-state index in [1.807, 2.05) is 91.9 Å². The van der Waals surface area contributed by atoms with Crippen LogP contribution in [0.5, 0.6) is 5.75 Å². The quantitative estimate of drug-likeness (QED) is 0.153. The summed E-state index contributed by atoms with van der Waals surface area (Å²) in [4.78, 5) is 29.6. The number of ether oxygens (including phenoxy) is 1. The molecule has 4 aromatic carbocycles. The van der Waals surface area contributed by atoms with Crippen molar-refractivity contribution < 1.29 is 24.5 Å². The van der Waals surface area contributed by atoms with E-state index in [0.717, 1.165) is 34.7 Å². The van der Waals surface area contributed by atoms with Crippen LogP contribution in [0.25, 0.3) is 10.8 Å². The van der Waals surface area contributed by atoms with E-state index >= 15 is 0 Å². The number of ketones is 1. The summed E-state index contributed by atoms with van der Waals surface area (Å²) in [5, 5.41) is 25.8. The van der Waals surface area contributed by atoms with Gasteiger partial charge in [-0.15, -0.1) is 0 Å². The normalized spacial score (nSPS) is 24.1. The molecule has 3 aliphatic carbocycles. The topological polar surface area (TPSA) is 87.1 Å². The first-order chi connectivity index (χ1) is 23.6. The lowest BCUT2D eigenvalue weighted by atomic mass is 9.64. The summed E-state index contributed by atoms with van der Waals surface area (Å²) < 4.78 is 5.94. The highest BCUT2D eigenvalue weighted by molar-refractivity contribution is 6.10. The zero-order valence-corrected chi connectivity index (χ0v) is 29.0. The lowest BCUT2D eigenvalue weighted by Crippen LogP contribution is -2.54. The number of aliphatic hydroxyl groups excluding tert-OH is 1. The van der Waals surface area contributed by atoms with Crippen LogP contribution in [0.3, 0.4) is 0 Å². The Morgan fingerprint density at radius 2 is 1.67 bits per heavy atom. The minimum Gasteiger partial charge on any atom is -0.410 e. The predicted octanol–water partition coefficient (Wildman–Crippen LogP) is 9.02. The molecule has 1 amide bonds. The second kappa shape index (κ2) is 14.7. The third kappa shape index (κ3) is 7.36. The molecular weight excluding hydrogens is 610 g/mol. The van der Waals surface area contributed by atoms with Crippen molar-refractivity contribution in [2.45, 2.75) is 89.8 Å². The molecule has 6 nitrogen and oxygen atoms in total. The molecule has 256 valence electrons. The molecule has 1 saturated carbocycles. The number of rotatable bonds is 7. The zero-order chi connectivity index (χ0) is 34.6. The maximum Gasteiger partial charge on any atom is 0.415 e. The van der Waals surface area contributed by atoms with Gasteiger partial charge in [0.15, 0.2) is 5.78 Å². The van der Waals surface area contributed by atoms with Gasteiger partial charge < -0.3 is 19.8 Å². The van der Waals surface area contributed by atoms with Gasteiger partial charge in [0.1, 0.15) is 5.75 Å². The molecule has 7 rings (SSSR count). The van der Waals surface area contributed by atoms with Gasteiger partial charge in [-0.3, -0.25) is 4.79 Å². The van der Waals surface area contributed by atoms with Crippen molar-refractivity contribution in [3.63, 3.8) is 0 Å². The number of aliphatic hydroxyl groups is 2. The lowest BCUT2D eigenvalue weighted by Gasteiger charge is -2.46. The van der Waals surface area contributed by atoms with Crippen LogP contribution in [0.2, 0.25) is 0 Å². The minimum absolute atomic E-state index is 0.0564. The van der Waals surface area contributed by atoms with Crippen molar-refractivity contribution >= 4 is 22.6 Å². The standard InChI is InChI=1S/C43H49NO5/c1-4-25-44(41(47)49-36-20-18-32-12-8-9-15-34(32)28-36)29-43(48)24-22-39-37-21-17-31(27-38(37)40(46)33-13-6-5-7-14-33)26-35(45)19-16-30(2)11-10-23-42(39,43)3/h5-9,11-15,17-18,20-21,27-28,35,39,45,48H,4,10,16,19,22-26,29H2,1-3H3. The Balaban J connectivity index is 1.36. The van der Waals surface area contributed by atoms with Crippen LogP contribution in [0.4, 0.5) is 4.79 Å². The maximum atomic E-state index is 14.2. The Labute approximate surface area is 290 Å². The number of nitrogens with zero attached hydrogens (tertiary/aromatic N) is 1. The van der Waals surface area contributed by atoms with Crippen LogP contribution in [0.1, 0.15) is 98.7 Å². The summed E-state index contributed by atoms with van der Waals surface area (Å²) >= 11 is 0. The lowest BCUT2D eigenvalue weighted by molar-refractivity contribution is -0.0790. The molecule has 0 radical (unpaired) electrons. The molecule has 4 unspecified atom stereocenters. The van der Waals surface area contributed by atoms with Gasteiger partial charge in [-0.2, -0.15) is 0 Å². The summed E-state index contributed by atoms with van der Waals surface area (Å²) in [5.74, 6) is 0.287. The average molecular weight is 660 g/mol. The van der Waals surface area contributed by atoms with Crippen LogP contribution >= 0.6 is 0 Å². The van der Waals surface area contributed by atoms with E-state index in [1.165, 1.54) is 5.57 Å². The van der Waals surface area contributed by atoms with E-state index in [9.17, 15) is 19.8 Å². The van der Waals surface area contributed by atoms with Gasteiger partial charge >= 0.3 is 6.09 Å². The number of carbonyl (C=O) groups is 2. The minimum atomic E-state index is -1.23. The van der Waals surface area contributed by atoms with Crippen molar-refractivity contribution in [3.05, 3.63) is 125 Å². The van der Waals surface area contributed by atoms with Crippen molar-refractivity contribution in [3.8, 4) is 5.75 Å². The van der Waals surface area contributed by atoms with Gasteiger partial charge in [0.05, 0.1) is 18.2 Å². The van der Waals surface area contributed by atoms with Crippen molar-refractivity contribution in [2.75, 3.05) is 13.1 Å². The summed E-state index contributed by atoms with van der Waals surface area (Å²) in [6, 6.07) is 29.0. The van der Waals surface area contributed by atoms with Crippen LogP contribution in [0.15, 0.2) is 103 Å². The summed E-state index contributed by atoms with van der Waals surface area (Å²) in [5.41, 5.74) is 2.42. The molecule has 6 heteroatoms. The van der Waals surface area contributed by atoms with Gasteiger partial charge in [-0.25, -0.2) is 4.79 Å². The van der Waals surface area contributed by atoms with E-state index in [2.05, 4.69) is 26.0 Å². The van der Waals surface area contributed by atoms with Crippen LogP contribution in [-0.4, -0.2) is 51.8 Å². The molecule has 0 spiro atoms. The van der Waals surface area contributed by atoms with Crippen LogP contribution < -0.4 is 4.74 Å². The smallest absolute Gasteiger partial charge is 0.410 e. The predicted molar refractivity (Wildman–Crippen MR) is 195 cm³/mol. The van der Waals surface area contributed by atoms with Crippen LogP contribution in [0, 0.1) is 5.41 Å². The molecule has 3 aliphatic rings. The SMILES string of the molecule is CCCN(CC1(O)CCC2c3ccc(cc3C(=O)c3ccccc3)CC(O)CCC(C)=CCCC21C)C(=O)Oc1ccc2ccccc2c1. The molecule has 0 aliphatic heterocycles. The summed E-state index contributed by atoms with van der Waals surface area (Å²) in [6.07, 6.45) is 6.44. The summed E-state index contributed by atoms with van der Waals surface area (Å²) in [6.45, 7) is 6.86. The van der Waals surface area contributed by atoms with Crippen molar-refractivity contribution in [1.29, 1.82) is 0 Å². The number of hydrogen-bond donors (Lipinski definition) is 2. The third-order valence-corrected chi connectivity index (χ3v) is 11.1. The van der Waals surface area contributed by atoms with Crippen molar-refractivity contribution in [2.24, 2.45) is 5.41 Å². The molecule has 4 atom stereocenters. The number of carbonyl (C=O) groups excluding carboxylic acids is 2. The number of allylic oxidation sites excluding steroid dienone is 2. The van der Waals surface area contributed by atoms with E-state index < -0.39 is 23.2 Å². The van der Waals surface area contributed by atoms with E-state index in [-0.39, 0.29) is 18.2 Å². The van der Waals surface area contributed by atoms with Gasteiger partial charge in [-0.1, -0.05) is 98.3 Å². The first-order valence-corrected chi connectivity index (χ1v) is 17.8. The second-order valence-corrected chi connectivity index (χ2v) is 14.4. The fourth-order valence-electron chi connectivity index (χ4n) is 8.16. The Hall–Kier alpha value is -4.26. The Kier molecular flexibility index (Phi) is 10.4. The molecule has 0 heterocycles. The maximum absolute atomic E-state index is 14.2. The fraction of sp³-hybridized carbons (Fsp3) is 0.395. The molecule has 49 heavy (non-hydrogen) atoms. The molecular formula is C43H49NO5. The van der Waals surface area contributed by atoms with Crippen LogP contribution in [-0.2, 0) is 6.42 Å². The van der Waals surface area contributed by atoms with E-state index in [1.54, 1.807) is 4.90 Å². The second-order valence-electron chi connectivity index (χ2n) is 14.4. The first kappa shape index (κ1) is 34.6. The van der Waals surface area contributed by atoms with Gasteiger partial charge in [0.2, 0.25) is 0 Å². The number of fused-ring (bicyclic) bond motifs is 9. The number of hydrogen-bond acceptors (Lipinski definition) is 5. The molecule has 1 fully saturated rings. The molecule has 2 N–H and O–H groups in total. The van der Waals surface area contributed by atoms with E-state index in [4.69, 9.17) is 4.74 Å². The van der Waals surface area contributed by atoms with Gasteiger partial charge in [0.25, 0.3) is 0 Å². The molecule has 0 aromatic heterocycles. The monoisotopic (exact) mass is 659 g/mol.